The maximum atomic E-state index is 11.1. The van der Waals surface area contributed by atoms with E-state index in [1.54, 1.807) is 12.4 Å². The number of carboxylic acids is 1. The van der Waals surface area contributed by atoms with E-state index in [1.165, 1.54) is 0 Å². The summed E-state index contributed by atoms with van der Waals surface area (Å²) in [5.74, 6) is -0.973. The van der Waals surface area contributed by atoms with Gasteiger partial charge in [0.2, 0.25) is 0 Å². The molecule has 3 rings (SSSR count). The van der Waals surface area contributed by atoms with Gasteiger partial charge < -0.3 is 9.94 Å². The first kappa shape index (κ1) is 18.1. The molecule has 1 aromatic heterocycles. The predicted molar refractivity (Wildman–Crippen MR) is 100 cm³/mol. The molecule has 136 valence electrons. The fourth-order valence-electron chi connectivity index (χ4n) is 3.17. The summed E-state index contributed by atoms with van der Waals surface area (Å²) in [6, 6.07) is 11.9. The number of piperidine rings is 1. The summed E-state index contributed by atoms with van der Waals surface area (Å²) < 4.78 is 0. The summed E-state index contributed by atoms with van der Waals surface area (Å²) in [5, 5.41) is 13.2. The molecule has 26 heavy (non-hydrogen) atoms. The third kappa shape index (κ3) is 4.89. The molecule has 2 heterocycles. The molecule has 1 fully saturated rings. The van der Waals surface area contributed by atoms with Gasteiger partial charge >= 0.3 is 5.97 Å². The van der Waals surface area contributed by atoms with Gasteiger partial charge in [-0.15, -0.1) is 0 Å². The number of aliphatic carboxylic acids is 1. The van der Waals surface area contributed by atoms with Crippen LogP contribution in [0.3, 0.4) is 0 Å². The fourth-order valence-corrected chi connectivity index (χ4v) is 3.17. The van der Waals surface area contributed by atoms with E-state index in [4.69, 9.17) is 9.94 Å². The molecule has 0 bridgehead atoms. The van der Waals surface area contributed by atoms with Gasteiger partial charge in [-0.05, 0) is 31.0 Å². The average Bonchev–Trinajstić information content (AvgIpc) is 2.69. The Morgan fingerprint density at radius 3 is 3.04 bits per heavy atom. The van der Waals surface area contributed by atoms with Crippen molar-refractivity contribution in [2.75, 3.05) is 26.2 Å². The van der Waals surface area contributed by atoms with Gasteiger partial charge in [0.25, 0.3) is 0 Å². The Morgan fingerprint density at radius 1 is 1.35 bits per heavy atom. The van der Waals surface area contributed by atoms with Crippen molar-refractivity contribution in [3.8, 4) is 11.1 Å². The van der Waals surface area contributed by atoms with E-state index >= 15 is 0 Å². The Labute approximate surface area is 153 Å². The number of aromatic nitrogens is 1. The molecule has 1 aromatic carbocycles. The summed E-state index contributed by atoms with van der Waals surface area (Å²) in [6.07, 6.45) is 6.95. The number of likely N-dealkylation sites (tertiary alicyclic amines) is 1. The minimum absolute atomic E-state index is 0.265. The summed E-state index contributed by atoms with van der Waals surface area (Å²) >= 11 is 0. The number of pyridine rings is 1. The molecule has 0 aliphatic carbocycles. The Hall–Kier alpha value is -2.73. The Kier molecular flexibility index (Phi) is 6.33. The highest BCUT2D eigenvalue weighted by atomic mass is 16.6. The number of carbonyl (C=O) groups is 1. The van der Waals surface area contributed by atoms with Crippen molar-refractivity contribution in [3.63, 3.8) is 0 Å². The number of rotatable bonds is 7. The minimum Gasteiger partial charge on any atom is -0.481 e. The lowest BCUT2D eigenvalue weighted by atomic mass is 9.98. The van der Waals surface area contributed by atoms with Crippen molar-refractivity contribution in [1.82, 2.24) is 9.88 Å². The van der Waals surface area contributed by atoms with Crippen molar-refractivity contribution in [1.29, 1.82) is 0 Å². The molecule has 1 atom stereocenters. The van der Waals surface area contributed by atoms with Crippen LogP contribution in [0.15, 0.2) is 53.9 Å². The summed E-state index contributed by atoms with van der Waals surface area (Å²) in [6.45, 7) is 2.64. The van der Waals surface area contributed by atoms with Crippen LogP contribution in [0.2, 0.25) is 0 Å². The van der Waals surface area contributed by atoms with Crippen molar-refractivity contribution < 1.29 is 14.7 Å². The van der Waals surface area contributed by atoms with Gasteiger partial charge in [-0.3, -0.25) is 14.7 Å². The predicted octanol–water partition coefficient (Wildman–Crippen LogP) is 2.90. The van der Waals surface area contributed by atoms with Crippen LogP contribution in [0.1, 0.15) is 18.4 Å². The van der Waals surface area contributed by atoms with Gasteiger partial charge in [0.05, 0.1) is 12.1 Å². The van der Waals surface area contributed by atoms with Gasteiger partial charge in [-0.1, -0.05) is 35.5 Å². The van der Waals surface area contributed by atoms with Crippen LogP contribution in [-0.4, -0.2) is 53.4 Å². The van der Waals surface area contributed by atoms with E-state index in [0.29, 0.717) is 19.7 Å². The van der Waals surface area contributed by atoms with Crippen LogP contribution in [0.5, 0.6) is 0 Å². The molecule has 2 aromatic rings. The standard InChI is InChI=1S/C20H23N3O3/c24-20(25)18-7-4-10-23(15-18)11-12-26-22-14-17-5-1-2-8-19(17)16-6-3-9-21-13-16/h1-3,5-6,8-9,13-14,18H,4,7,10-12,15H2,(H,24,25)/b22-14+. The molecule has 0 spiro atoms. The number of hydrogen-bond acceptors (Lipinski definition) is 5. The quantitative estimate of drug-likeness (QED) is 0.471. The molecule has 1 unspecified atom stereocenters. The molecule has 6 nitrogen and oxygen atoms in total. The highest BCUT2D eigenvalue weighted by Crippen LogP contribution is 2.21. The average molecular weight is 353 g/mol. The van der Waals surface area contributed by atoms with Crippen molar-refractivity contribution in [2.24, 2.45) is 11.1 Å². The van der Waals surface area contributed by atoms with Crippen LogP contribution in [0.4, 0.5) is 0 Å². The van der Waals surface area contributed by atoms with Crippen molar-refractivity contribution in [3.05, 3.63) is 54.4 Å². The normalized spacial score (nSPS) is 18.1. The highest BCUT2D eigenvalue weighted by Gasteiger charge is 2.24. The number of oxime groups is 1. The van der Waals surface area contributed by atoms with Gasteiger partial charge in [0.1, 0.15) is 6.61 Å². The number of carboxylic acid groups (broad SMARTS) is 1. The van der Waals surface area contributed by atoms with Crippen LogP contribution in [0.25, 0.3) is 11.1 Å². The van der Waals surface area contributed by atoms with E-state index in [9.17, 15) is 4.79 Å². The Balaban J connectivity index is 1.51. The Bertz CT molecular complexity index is 749. The molecule has 1 aliphatic rings. The molecule has 0 radical (unpaired) electrons. The number of nitrogens with zero attached hydrogens (tertiary/aromatic N) is 3. The van der Waals surface area contributed by atoms with Crippen molar-refractivity contribution >= 4 is 12.2 Å². The maximum absolute atomic E-state index is 11.1. The number of benzene rings is 1. The lowest BCUT2D eigenvalue weighted by molar-refractivity contribution is -0.143. The van der Waals surface area contributed by atoms with E-state index in [-0.39, 0.29) is 5.92 Å². The molecule has 1 aliphatic heterocycles. The van der Waals surface area contributed by atoms with Crippen LogP contribution in [-0.2, 0) is 9.63 Å². The van der Waals surface area contributed by atoms with Crippen molar-refractivity contribution in [2.45, 2.75) is 12.8 Å². The zero-order valence-electron chi connectivity index (χ0n) is 14.6. The first-order valence-corrected chi connectivity index (χ1v) is 8.84. The minimum atomic E-state index is -0.708. The van der Waals surface area contributed by atoms with Crippen LogP contribution < -0.4 is 0 Å². The van der Waals surface area contributed by atoms with Gasteiger partial charge in [-0.25, -0.2) is 0 Å². The molecule has 0 saturated carbocycles. The largest absolute Gasteiger partial charge is 0.481 e. The second-order valence-corrected chi connectivity index (χ2v) is 6.37. The van der Waals surface area contributed by atoms with Crippen LogP contribution >= 0.6 is 0 Å². The number of hydrogen-bond donors (Lipinski definition) is 1. The molecular formula is C20H23N3O3. The Morgan fingerprint density at radius 2 is 2.23 bits per heavy atom. The van der Waals surface area contributed by atoms with E-state index in [0.717, 1.165) is 36.1 Å². The second kappa shape index (κ2) is 9.10. The summed E-state index contributed by atoms with van der Waals surface area (Å²) in [7, 11) is 0. The van der Waals surface area contributed by atoms with E-state index < -0.39 is 5.97 Å². The third-order valence-corrected chi connectivity index (χ3v) is 4.55. The van der Waals surface area contributed by atoms with E-state index in [2.05, 4.69) is 15.0 Å². The van der Waals surface area contributed by atoms with Gasteiger partial charge in [0, 0.05) is 36.6 Å². The molecule has 1 saturated heterocycles. The van der Waals surface area contributed by atoms with Gasteiger partial charge in [-0.2, -0.15) is 0 Å². The van der Waals surface area contributed by atoms with E-state index in [1.807, 2.05) is 42.6 Å². The lowest BCUT2D eigenvalue weighted by Gasteiger charge is -2.29. The highest BCUT2D eigenvalue weighted by molar-refractivity contribution is 5.89. The second-order valence-electron chi connectivity index (χ2n) is 6.37. The summed E-state index contributed by atoms with van der Waals surface area (Å²) in [4.78, 5) is 22.8. The smallest absolute Gasteiger partial charge is 0.307 e. The SMILES string of the molecule is O=C(O)C1CCCN(CCO/N=C/c2ccccc2-c2cccnc2)C1. The lowest BCUT2D eigenvalue weighted by Crippen LogP contribution is -2.40. The van der Waals surface area contributed by atoms with Crippen LogP contribution in [0, 0.1) is 5.92 Å². The zero-order valence-corrected chi connectivity index (χ0v) is 14.6. The molecule has 6 heteroatoms. The first-order valence-electron chi connectivity index (χ1n) is 8.84. The van der Waals surface area contributed by atoms with Gasteiger partial charge in [0.15, 0.2) is 0 Å². The monoisotopic (exact) mass is 353 g/mol. The molecular weight excluding hydrogens is 330 g/mol. The summed E-state index contributed by atoms with van der Waals surface area (Å²) in [5.41, 5.74) is 3.04. The topological polar surface area (TPSA) is 75.0 Å². The zero-order chi connectivity index (χ0) is 18.2. The fraction of sp³-hybridized carbons (Fsp3) is 0.350. The third-order valence-electron chi connectivity index (χ3n) is 4.55. The molecule has 1 N–H and O–H groups in total. The first-order chi connectivity index (χ1) is 12.7. The molecule has 0 amide bonds. The maximum Gasteiger partial charge on any atom is 0.307 e.